The summed E-state index contributed by atoms with van der Waals surface area (Å²) in [7, 11) is 3.93. The summed E-state index contributed by atoms with van der Waals surface area (Å²) in [6.07, 6.45) is 6.26. The first kappa shape index (κ1) is 27.8. The molecule has 43 heavy (non-hydrogen) atoms. The molecule has 0 bridgehead atoms. The van der Waals surface area contributed by atoms with Gasteiger partial charge in [0.25, 0.3) is 0 Å². The van der Waals surface area contributed by atoms with Crippen molar-refractivity contribution in [1.82, 2.24) is 40.0 Å². The SMILES string of the molecule is CCC(=O)Nc1cncc(-c2cnc3n[nH]c(-c4nc5c(-c6cc(F)cc(NCCN(C)C)c6)nccc5[nH]4)c3c2F)c1. The van der Waals surface area contributed by atoms with Gasteiger partial charge in [-0.3, -0.25) is 19.9 Å². The number of aromatic amines is 2. The van der Waals surface area contributed by atoms with E-state index < -0.39 is 11.6 Å². The monoisotopic (exact) mass is 582 g/mol. The van der Waals surface area contributed by atoms with E-state index in [4.69, 9.17) is 4.98 Å². The van der Waals surface area contributed by atoms with Gasteiger partial charge >= 0.3 is 0 Å². The minimum absolute atomic E-state index is 0.132. The average molecular weight is 583 g/mol. The highest BCUT2D eigenvalue weighted by Gasteiger charge is 2.21. The van der Waals surface area contributed by atoms with E-state index in [2.05, 4.69) is 40.8 Å². The molecule has 1 aromatic carbocycles. The van der Waals surface area contributed by atoms with Crippen molar-refractivity contribution < 1.29 is 13.6 Å². The Morgan fingerprint density at radius 1 is 1.02 bits per heavy atom. The lowest BCUT2D eigenvalue weighted by molar-refractivity contribution is -0.115. The van der Waals surface area contributed by atoms with Crippen molar-refractivity contribution in [2.24, 2.45) is 0 Å². The number of benzene rings is 1. The minimum atomic E-state index is -0.577. The number of fused-ring (bicyclic) bond motifs is 2. The number of hydrogen-bond donors (Lipinski definition) is 4. The van der Waals surface area contributed by atoms with Crippen LogP contribution in [0.4, 0.5) is 20.2 Å². The van der Waals surface area contributed by atoms with E-state index in [9.17, 15) is 9.18 Å². The van der Waals surface area contributed by atoms with Gasteiger partial charge in [0, 0.05) is 60.5 Å². The molecule has 0 aliphatic heterocycles. The van der Waals surface area contributed by atoms with E-state index in [0.29, 0.717) is 58.0 Å². The first-order valence-electron chi connectivity index (χ1n) is 13.6. The van der Waals surface area contributed by atoms with Crippen molar-refractivity contribution in [1.29, 1.82) is 0 Å². The molecule has 0 radical (unpaired) electrons. The molecule has 5 aromatic heterocycles. The number of amides is 1. The Morgan fingerprint density at radius 3 is 2.67 bits per heavy atom. The van der Waals surface area contributed by atoms with E-state index >= 15 is 4.39 Å². The summed E-state index contributed by atoms with van der Waals surface area (Å²) >= 11 is 0. The molecule has 4 N–H and O–H groups in total. The van der Waals surface area contributed by atoms with E-state index in [1.165, 1.54) is 30.7 Å². The Bertz CT molecular complexity index is 1970. The van der Waals surface area contributed by atoms with Gasteiger partial charge in [0.15, 0.2) is 11.5 Å². The van der Waals surface area contributed by atoms with Crippen molar-refractivity contribution in [2.45, 2.75) is 13.3 Å². The van der Waals surface area contributed by atoms with Gasteiger partial charge < -0.3 is 20.5 Å². The van der Waals surface area contributed by atoms with E-state index in [-0.39, 0.29) is 28.2 Å². The third-order valence-corrected chi connectivity index (χ3v) is 6.87. The highest BCUT2D eigenvalue weighted by Crippen LogP contribution is 2.35. The van der Waals surface area contributed by atoms with Crippen LogP contribution in [0, 0.1) is 11.6 Å². The quantitative estimate of drug-likeness (QED) is 0.182. The zero-order valence-corrected chi connectivity index (χ0v) is 23.7. The van der Waals surface area contributed by atoms with Gasteiger partial charge in [0.05, 0.1) is 28.5 Å². The van der Waals surface area contributed by atoms with Crippen LogP contribution >= 0.6 is 0 Å². The fraction of sp³-hybridized carbons (Fsp3) is 0.200. The number of carbonyl (C=O) groups is 1. The Balaban J connectivity index is 1.40. The molecule has 218 valence electrons. The summed E-state index contributed by atoms with van der Waals surface area (Å²) in [4.78, 5) is 34.8. The standard InChI is InChI=1S/C30H28F2N10O/c1-4-23(43)37-20-11-17(13-33-14-20)21-15-36-29-24(25(21)32)28(40-41-29)30-38-22-5-6-35-26(27(22)39-30)16-9-18(31)12-19(10-16)34-7-8-42(2)3/h5-6,9-15,34H,4,7-8H2,1-3H3,(H,37,43)(H,38,39)(H,36,40,41). The molecule has 0 atom stereocenters. The number of pyridine rings is 3. The van der Waals surface area contributed by atoms with Crippen LogP contribution in [0.2, 0.25) is 0 Å². The molecular weight excluding hydrogens is 554 g/mol. The summed E-state index contributed by atoms with van der Waals surface area (Å²) in [5.41, 5.74) is 4.27. The molecule has 0 unspecified atom stereocenters. The van der Waals surface area contributed by atoms with Crippen LogP contribution in [0.3, 0.4) is 0 Å². The maximum atomic E-state index is 16.1. The summed E-state index contributed by atoms with van der Waals surface area (Å²) in [6.45, 7) is 3.16. The molecule has 6 rings (SSSR count). The third kappa shape index (κ3) is 5.62. The van der Waals surface area contributed by atoms with Crippen molar-refractivity contribution in [3.63, 3.8) is 0 Å². The highest BCUT2D eigenvalue weighted by molar-refractivity contribution is 5.97. The predicted octanol–water partition coefficient (Wildman–Crippen LogP) is 5.23. The Hall–Kier alpha value is -5.30. The summed E-state index contributed by atoms with van der Waals surface area (Å²) in [5, 5.41) is 13.1. The second-order valence-electron chi connectivity index (χ2n) is 10.2. The molecule has 0 fully saturated rings. The van der Waals surface area contributed by atoms with Crippen LogP contribution < -0.4 is 10.6 Å². The van der Waals surface area contributed by atoms with Crippen LogP contribution in [0.1, 0.15) is 13.3 Å². The number of nitrogens with one attached hydrogen (secondary N) is 4. The first-order valence-corrected chi connectivity index (χ1v) is 13.6. The number of hydrogen-bond acceptors (Lipinski definition) is 8. The number of H-pyrrole nitrogens is 2. The number of rotatable bonds is 9. The number of halogens is 2. The van der Waals surface area contributed by atoms with Gasteiger partial charge in [-0.1, -0.05) is 6.92 Å². The molecule has 0 saturated heterocycles. The number of carbonyl (C=O) groups excluding carboxylic acids is 1. The minimum Gasteiger partial charge on any atom is -0.384 e. The Morgan fingerprint density at radius 2 is 1.86 bits per heavy atom. The summed E-state index contributed by atoms with van der Waals surface area (Å²) < 4.78 is 30.8. The van der Waals surface area contributed by atoms with E-state index in [1.54, 1.807) is 25.3 Å². The van der Waals surface area contributed by atoms with E-state index in [1.807, 2.05) is 25.1 Å². The molecular formula is C30H28F2N10O. The summed E-state index contributed by atoms with van der Waals surface area (Å²) in [6, 6.07) is 8.03. The zero-order chi connectivity index (χ0) is 30.1. The second-order valence-corrected chi connectivity index (χ2v) is 10.2. The lowest BCUT2D eigenvalue weighted by atomic mass is 10.1. The lowest BCUT2D eigenvalue weighted by Crippen LogP contribution is -2.20. The average Bonchev–Trinajstić information content (AvgIpc) is 3.62. The van der Waals surface area contributed by atoms with Crippen LogP contribution in [0.25, 0.3) is 56.0 Å². The van der Waals surface area contributed by atoms with Crippen molar-refractivity contribution in [2.75, 3.05) is 37.8 Å². The zero-order valence-electron chi connectivity index (χ0n) is 23.7. The van der Waals surface area contributed by atoms with Gasteiger partial charge in [-0.05, 0) is 44.4 Å². The van der Waals surface area contributed by atoms with Gasteiger partial charge in [0.2, 0.25) is 5.91 Å². The van der Waals surface area contributed by atoms with Gasteiger partial charge in [-0.15, -0.1) is 0 Å². The second kappa shape index (κ2) is 11.5. The molecule has 5 heterocycles. The predicted molar refractivity (Wildman–Crippen MR) is 161 cm³/mol. The molecule has 13 heteroatoms. The first-order chi connectivity index (χ1) is 20.8. The highest BCUT2D eigenvalue weighted by atomic mass is 19.1. The van der Waals surface area contributed by atoms with Crippen LogP contribution in [-0.2, 0) is 4.79 Å². The molecule has 0 aliphatic rings. The fourth-order valence-corrected chi connectivity index (χ4v) is 4.75. The third-order valence-electron chi connectivity index (χ3n) is 6.87. The lowest BCUT2D eigenvalue weighted by Gasteiger charge is -2.12. The number of likely N-dealkylation sites (N-methyl/N-ethyl adjacent to an activating group) is 1. The van der Waals surface area contributed by atoms with Gasteiger partial charge in [-0.2, -0.15) is 5.10 Å². The van der Waals surface area contributed by atoms with Crippen molar-refractivity contribution in [3.8, 4) is 33.9 Å². The van der Waals surface area contributed by atoms with Crippen LogP contribution in [0.5, 0.6) is 0 Å². The Kier molecular flexibility index (Phi) is 7.47. The topological polar surface area (TPSA) is 140 Å². The van der Waals surface area contributed by atoms with Crippen molar-refractivity contribution >= 4 is 39.3 Å². The molecule has 0 saturated carbocycles. The number of nitrogens with zero attached hydrogens (tertiary/aromatic N) is 6. The number of imidazole rings is 1. The maximum Gasteiger partial charge on any atom is 0.224 e. The van der Waals surface area contributed by atoms with Crippen LogP contribution in [-0.4, -0.2) is 73.1 Å². The van der Waals surface area contributed by atoms with E-state index in [0.717, 1.165) is 6.54 Å². The molecule has 1 amide bonds. The number of anilines is 2. The maximum absolute atomic E-state index is 16.1. The van der Waals surface area contributed by atoms with Crippen molar-refractivity contribution in [3.05, 3.63) is 66.8 Å². The molecule has 0 spiro atoms. The van der Waals surface area contributed by atoms with Crippen LogP contribution in [0.15, 0.2) is 55.1 Å². The Labute approximate surface area is 244 Å². The van der Waals surface area contributed by atoms with Gasteiger partial charge in [0.1, 0.15) is 22.8 Å². The molecule has 6 aromatic rings. The largest absolute Gasteiger partial charge is 0.384 e. The molecule has 11 nitrogen and oxygen atoms in total. The smallest absolute Gasteiger partial charge is 0.224 e. The number of aromatic nitrogens is 7. The fourth-order valence-electron chi connectivity index (χ4n) is 4.75. The van der Waals surface area contributed by atoms with Gasteiger partial charge in [-0.25, -0.2) is 18.7 Å². The molecule has 0 aliphatic carbocycles. The normalized spacial score (nSPS) is 11.5. The summed E-state index contributed by atoms with van der Waals surface area (Å²) in [5.74, 6) is -0.856.